The lowest BCUT2D eigenvalue weighted by atomic mass is 9.79. The van der Waals surface area contributed by atoms with Crippen LogP contribution in [0, 0.1) is 0 Å². The molecule has 0 amide bonds. The molecule has 1 aromatic carbocycles. The summed E-state index contributed by atoms with van der Waals surface area (Å²) in [5.74, 6) is -0.103. The number of unbranched alkanes of at least 4 members (excludes halogenated alkanes) is 1. The van der Waals surface area contributed by atoms with Crippen LogP contribution < -0.4 is 5.46 Å². The van der Waals surface area contributed by atoms with Crippen molar-refractivity contribution in [1.29, 1.82) is 0 Å². The molecule has 8 heteroatoms. The third-order valence-electron chi connectivity index (χ3n) is 4.38. The van der Waals surface area contributed by atoms with Gasteiger partial charge in [-0.1, -0.05) is 37.6 Å². The molecule has 0 radical (unpaired) electrons. The Kier molecular flexibility index (Phi) is 6.40. The van der Waals surface area contributed by atoms with E-state index in [4.69, 9.17) is 9.31 Å². The fraction of sp³-hybridized carbons (Fsp3) is 0.444. The van der Waals surface area contributed by atoms with Crippen LogP contribution in [0.25, 0.3) is 0 Å². The van der Waals surface area contributed by atoms with Gasteiger partial charge >= 0.3 is 13.1 Å². The predicted octanol–water partition coefficient (Wildman–Crippen LogP) is 2.44. The first-order valence-corrected chi connectivity index (χ1v) is 10.0. The lowest BCUT2D eigenvalue weighted by Crippen LogP contribution is -2.31. The molecule has 0 atom stereocenters. The van der Waals surface area contributed by atoms with Crippen LogP contribution in [0.1, 0.15) is 41.6 Å². The molecule has 2 aromatic rings. The zero-order valence-electron chi connectivity index (χ0n) is 15.1. The minimum absolute atomic E-state index is 0.273. The molecule has 1 aliphatic rings. The summed E-state index contributed by atoms with van der Waals surface area (Å²) in [6.45, 7) is 3.83. The summed E-state index contributed by atoms with van der Waals surface area (Å²) in [6, 6.07) is 7.94. The number of aromatic carboxylic acids is 1. The number of hydrogen-bond acceptors (Lipinski definition) is 5. The first kappa shape index (κ1) is 19.0. The number of benzene rings is 1. The van der Waals surface area contributed by atoms with Gasteiger partial charge in [-0.15, -0.1) is 11.8 Å². The van der Waals surface area contributed by atoms with E-state index in [1.807, 2.05) is 35.1 Å². The molecule has 0 unspecified atom stereocenters. The molecule has 1 aromatic heterocycles. The van der Waals surface area contributed by atoms with Crippen LogP contribution >= 0.6 is 11.8 Å². The maximum atomic E-state index is 11.8. The second-order valence-corrected chi connectivity index (χ2v) is 6.99. The molecular weight excluding hydrogens is 351 g/mol. The van der Waals surface area contributed by atoms with Gasteiger partial charge in [0, 0.05) is 13.0 Å². The summed E-state index contributed by atoms with van der Waals surface area (Å²) in [7, 11) is -0.296. The molecule has 0 spiro atoms. The molecular formula is C18H23BN2O4S. The molecule has 2 heterocycles. The number of rotatable bonds is 8. The fourth-order valence-corrected chi connectivity index (χ4v) is 3.62. The lowest BCUT2D eigenvalue weighted by molar-refractivity contribution is 0.0681. The molecule has 3 rings (SSSR count). The Balaban J connectivity index is 1.87. The van der Waals surface area contributed by atoms with Gasteiger partial charge in [0.2, 0.25) is 0 Å². The van der Waals surface area contributed by atoms with Crippen LogP contribution in [0.4, 0.5) is 0 Å². The Bertz CT molecular complexity index is 757. The average molecular weight is 374 g/mol. The van der Waals surface area contributed by atoms with Crippen molar-refractivity contribution in [2.24, 2.45) is 0 Å². The monoisotopic (exact) mass is 374 g/mol. The minimum atomic E-state index is -0.936. The quantitative estimate of drug-likeness (QED) is 0.565. The third kappa shape index (κ3) is 4.14. The largest absolute Gasteiger partial charge is 0.494 e. The maximum absolute atomic E-state index is 11.8. The molecule has 1 saturated heterocycles. The minimum Gasteiger partial charge on any atom is -0.476 e. The van der Waals surface area contributed by atoms with Gasteiger partial charge in [0.15, 0.2) is 5.69 Å². The summed E-state index contributed by atoms with van der Waals surface area (Å²) in [5, 5.41) is 10.3. The van der Waals surface area contributed by atoms with Crippen molar-refractivity contribution in [3.63, 3.8) is 0 Å². The van der Waals surface area contributed by atoms with Crippen LogP contribution in [0.2, 0.25) is 0 Å². The first-order valence-electron chi connectivity index (χ1n) is 8.82. The van der Waals surface area contributed by atoms with Crippen molar-refractivity contribution >= 4 is 30.3 Å². The normalized spacial score (nSPS) is 14.2. The molecule has 0 bridgehead atoms. The molecule has 138 valence electrons. The van der Waals surface area contributed by atoms with E-state index in [0.29, 0.717) is 24.8 Å². The molecule has 1 N–H and O–H groups in total. The van der Waals surface area contributed by atoms with Crippen molar-refractivity contribution in [2.45, 2.75) is 37.8 Å². The van der Waals surface area contributed by atoms with E-state index in [-0.39, 0.29) is 12.8 Å². The highest BCUT2D eigenvalue weighted by atomic mass is 32.2. The number of carboxylic acid groups (broad SMARTS) is 1. The van der Waals surface area contributed by atoms with Gasteiger partial charge in [-0.3, -0.25) is 0 Å². The highest BCUT2D eigenvalue weighted by molar-refractivity contribution is 7.98. The van der Waals surface area contributed by atoms with E-state index in [9.17, 15) is 9.90 Å². The third-order valence-corrected chi connectivity index (χ3v) is 5.05. The molecule has 6 nitrogen and oxygen atoms in total. The molecule has 0 saturated carbocycles. The average Bonchev–Trinajstić information content (AvgIpc) is 3.28. The Hall–Kier alpha value is -1.77. The SMILES string of the molecule is CCCCc1nc(SC)c(C(=O)O)n1Cc1ccc(B2OCCO2)cc1. The number of aryl methyl sites for hydroxylation is 1. The van der Waals surface area contributed by atoms with E-state index in [1.165, 1.54) is 11.8 Å². The summed E-state index contributed by atoms with van der Waals surface area (Å²) in [4.78, 5) is 16.4. The van der Waals surface area contributed by atoms with Crippen molar-refractivity contribution < 1.29 is 19.2 Å². The number of carboxylic acids is 1. The van der Waals surface area contributed by atoms with Crippen molar-refractivity contribution in [3.05, 3.63) is 41.3 Å². The predicted molar refractivity (Wildman–Crippen MR) is 102 cm³/mol. The number of imidazole rings is 1. The van der Waals surface area contributed by atoms with E-state index >= 15 is 0 Å². The molecule has 1 aliphatic heterocycles. The van der Waals surface area contributed by atoms with Crippen LogP contribution in [0.3, 0.4) is 0 Å². The van der Waals surface area contributed by atoms with E-state index < -0.39 is 5.97 Å². The summed E-state index contributed by atoms with van der Waals surface area (Å²) < 4.78 is 12.9. The second kappa shape index (κ2) is 8.75. The Morgan fingerprint density at radius 1 is 1.31 bits per heavy atom. The number of carbonyl (C=O) groups is 1. The summed E-state index contributed by atoms with van der Waals surface area (Å²) in [6.07, 6.45) is 4.66. The van der Waals surface area contributed by atoms with Crippen LogP contribution in [-0.4, -0.2) is 47.2 Å². The number of aromatic nitrogens is 2. The van der Waals surface area contributed by atoms with Crippen LogP contribution in [-0.2, 0) is 22.3 Å². The van der Waals surface area contributed by atoms with E-state index in [1.54, 1.807) is 0 Å². The molecule has 0 aliphatic carbocycles. The van der Waals surface area contributed by atoms with Gasteiger partial charge < -0.3 is 19.0 Å². The standard InChI is InChI=1S/C18H23BN2O4S/c1-3-4-5-15-20-17(26-2)16(18(22)23)21(15)12-13-6-8-14(9-7-13)19-24-10-11-25-19/h6-9H,3-5,10-12H2,1-2H3,(H,22,23). The highest BCUT2D eigenvalue weighted by Crippen LogP contribution is 2.23. The van der Waals surface area contributed by atoms with E-state index in [2.05, 4.69) is 11.9 Å². The van der Waals surface area contributed by atoms with Gasteiger partial charge in [-0.25, -0.2) is 9.78 Å². The maximum Gasteiger partial charge on any atom is 0.494 e. The Labute approximate surface area is 158 Å². The number of nitrogens with zero attached hydrogens (tertiary/aromatic N) is 2. The molecule has 1 fully saturated rings. The van der Waals surface area contributed by atoms with Crippen molar-refractivity contribution in [1.82, 2.24) is 9.55 Å². The van der Waals surface area contributed by atoms with Gasteiger partial charge in [0.05, 0.1) is 13.2 Å². The fourth-order valence-electron chi connectivity index (χ4n) is 3.03. The Morgan fingerprint density at radius 2 is 2.00 bits per heavy atom. The highest BCUT2D eigenvalue weighted by Gasteiger charge is 2.26. The zero-order valence-corrected chi connectivity index (χ0v) is 15.9. The van der Waals surface area contributed by atoms with Crippen LogP contribution in [0.5, 0.6) is 0 Å². The smallest absolute Gasteiger partial charge is 0.476 e. The zero-order chi connectivity index (χ0) is 18.5. The second-order valence-electron chi connectivity index (χ2n) is 6.20. The first-order chi connectivity index (χ1) is 12.6. The van der Waals surface area contributed by atoms with Crippen LogP contribution in [0.15, 0.2) is 29.3 Å². The lowest BCUT2D eigenvalue weighted by Gasteiger charge is -2.11. The summed E-state index contributed by atoms with van der Waals surface area (Å²) >= 11 is 1.38. The van der Waals surface area contributed by atoms with Gasteiger partial charge in [-0.05, 0) is 23.7 Å². The summed E-state index contributed by atoms with van der Waals surface area (Å²) in [5.41, 5.74) is 2.28. The van der Waals surface area contributed by atoms with Crippen molar-refractivity contribution in [2.75, 3.05) is 19.5 Å². The molecule has 26 heavy (non-hydrogen) atoms. The number of hydrogen-bond donors (Lipinski definition) is 1. The van der Waals surface area contributed by atoms with Crippen molar-refractivity contribution in [3.8, 4) is 0 Å². The van der Waals surface area contributed by atoms with Gasteiger partial charge in [0.25, 0.3) is 0 Å². The Morgan fingerprint density at radius 3 is 2.58 bits per heavy atom. The van der Waals surface area contributed by atoms with Gasteiger partial charge in [-0.2, -0.15) is 0 Å². The van der Waals surface area contributed by atoms with Gasteiger partial charge in [0.1, 0.15) is 10.9 Å². The topological polar surface area (TPSA) is 73.6 Å². The number of thioether (sulfide) groups is 1. The van der Waals surface area contributed by atoms with E-state index in [0.717, 1.165) is 36.1 Å².